The van der Waals surface area contributed by atoms with Crippen LogP contribution < -0.4 is 38.9 Å². The number of hydrogen-bond acceptors (Lipinski definition) is 8. The molecular formula is C33H56N10O4S. The van der Waals surface area contributed by atoms with E-state index in [1.165, 1.54) is 0 Å². The lowest BCUT2D eigenvalue weighted by molar-refractivity contribution is -0.133. The number of hydrogen-bond donors (Lipinski definition) is 7. The number of carbonyl (C=O) groups excluding carboxylic acids is 4. The SMILES string of the molecule is CC.CCC(=O)C(Cc1ccccc1)NC(=O)C(CCCCN)NC(=O)C(Cc1cn(C)c(=S)n1C)NC(=O)C(N)CCCN=C(N)N. The molecule has 2 rings (SSSR count). The van der Waals surface area contributed by atoms with Crippen LogP contribution in [0.4, 0.5) is 0 Å². The second kappa shape index (κ2) is 22.5. The highest BCUT2D eigenvalue weighted by molar-refractivity contribution is 7.71. The molecule has 4 unspecified atom stereocenters. The Morgan fingerprint density at radius 2 is 1.46 bits per heavy atom. The summed E-state index contributed by atoms with van der Waals surface area (Å²) < 4.78 is 4.01. The van der Waals surface area contributed by atoms with Gasteiger partial charge in [-0.2, -0.15) is 0 Å². The van der Waals surface area contributed by atoms with Gasteiger partial charge >= 0.3 is 0 Å². The quantitative estimate of drug-likeness (QED) is 0.0452. The van der Waals surface area contributed by atoms with Gasteiger partial charge in [-0.3, -0.25) is 24.2 Å². The van der Waals surface area contributed by atoms with Crippen molar-refractivity contribution in [1.29, 1.82) is 0 Å². The number of benzene rings is 1. The van der Waals surface area contributed by atoms with Gasteiger partial charge in [0, 0.05) is 45.4 Å². The standard InChI is InChI=1S/C31H50N10O4S.C2H6/c1-4-26(42)24(17-20-11-6-5-7-12-20)38-28(44)23(14-8-9-15-32)37-29(45)25(18-21-19-40(2)31(46)41(21)3)39-27(43)22(33)13-10-16-36-30(34)35;1-2/h5-7,11-12,19,22-25H,4,8-10,13-18,32-33H2,1-3H3,(H,37,45)(H,38,44)(H,39,43)(H4,34,35,36);1-2H3. The fraction of sp³-hybridized carbons (Fsp3) is 0.576. The summed E-state index contributed by atoms with van der Waals surface area (Å²) >= 11 is 5.42. The number of imidazole rings is 1. The summed E-state index contributed by atoms with van der Waals surface area (Å²) in [5, 5.41) is 8.45. The van der Waals surface area contributed by atoms with Gasteiger partial charge in [0.05, 0.1) is 12.1 Å². The molecule has 1 aromatic heterocycles. The average molecular weight is 689 g/mol. The molecule has 0 aliphatic carbocycles. The van der Waals surface area contributed by atoms with Crippen LogP contribution in [0.3, 0.4) is 0 Å². The largest absolute Gasteiger partial charge is 0.370 e. The van der Waals surface area contributed by atoms with Crippen LogP contribution in [0, 0.1) is 4.77 Å². The molecule has 11 N–H and O–H groups in total. The normalized spacial score (nSPS) is 13.1. The summed E-state index contributed by atoms with van der Waals surface area (Å²) in [6, 6.07) is 5.63. The third-order valence-corrected chi connectivity index (χ3v) is 8.19. The zero-order valence-corrected chi connectivity index (χ0v) is 29.9. The maximum atomic E-state index is 13.8. The number of guanidine groups is 1. The summed E-state index contributed by atoms with van der Waals surface area (Å²) in [7, 11) is 3.55. The molecule has 48 heavy (non-hydrogen) atoms. The molecule has 268 valence electrons. The third-order valence-electron chi connectivity index (χ3n) is 7.63. The number of amides is 3. The van der Waals surface area contributed by atoms with Gasteiger partial charge in [0.25, 0.3) is 0 Å². The van der Waals surface area contributed by atoms with E-state index >= 15 is 0 Å². The number of unbranched alkanes of at least 4 members (excludes halogenated alkanes) is 1. The Morgan fingerprint density at radius 3 is 2.02 bits per heavy atom. The number of rotatable bonds is 20. The van der Waals surface area contributed by atoms with E-state index in [1.54, 1.807) is 36.4 Å². The highest BCUT2D eigenvalue weighted by atomic mass is 32.1. The minimum atomic E-state index is -1.08. The van der Waals surface area contributed by atoms with E-state index in [9.17, 15) is 19.2 Å². The van der Waals surface area contributed by atoms with Gasteiger partial charge < -0.3 is 48.0 Å². The Bertz CT molecular complexity index is 1390. The molecule has 0 fully saturated rings. The monoisotopic (exact) mass is 688 g/mol. The van der Waals surface area contributed by atoms with Crippen LogP contribution in [0.15, 0.2) is 41.5 Å². The maximum Gasteiger partial charge on any atom is 0.243 e. The topological polar surface area (TPSA) is 231 Å². The number of aryl methyl sites for hydroxylation is 1. The molecule has 0 saturated heterocycles. The summed E-state index contributed by atoms with van der Waals surface area (Å²) in [6.45, 7) is 6.46. The molecule has 4 atom stereocenters. The predicted molar refractivity (Wildman–Crippen MR) is 192 cm³/mol. The molecule has 1 heterocycles. The predicted octanol–water partition coefficient (Wildman–Crippen LogP) is 0.848. The van der Waals surface area contributed by atoms with Gasteiger partial charge in [0.1, 0.15) is 12.1 Å². The second-order valence-corrected chi connectivity index (χ2v) is 11.7. The van der Waals surface area contributed by atoms with E-state index in [0.717, 1.165) is 5.56 Å². The van der Waals surface area contributed by atoms with Gasteiger partial charge in [-0.15, -0.1) is 0 Å². The summed E-state index contributed by atoms with van der Waals surface area (Å²) in [6.07, 6.45) is 4.64. The van der Waals surface area contributed by atoms with Gasteiger partial charge in [0.2, 0.25) is 17.7 Å². The number of aliphatic imine (C=N–C) groups is 1. The van der Waals surface area contributed by atoms with E-state index < -0.39 is 41.9 Å². The van der Waals surface area contributed by atoms with Gasteiger partial charge in [-0.25, -0.2) is 0 Å². The lowest BCUT2D eigenvalue weighted by Crippen LogP contribution is -2.57. The number of carbonyl (C=O) groups is 4. The maximum absolute atomic E-state index is 13.8. The molecule has 15 heteroatoms. The fourth-order valence-electron chi connectivity index (χ4n) is 4.91. The Balaban J connectivity index is 0.00000565. The number of ketones is 1. The first-order valence-electron chi connectivity index (χ1n) is 16.6. The average Bonchev–Trinajstić information content (AvgIpc) is 3.32. The zero-order valence-electron chi connectivity index (χ0n) is 29.0. The van der Waals surface area contributed by atoms with Crippen molar-refractivity contribution in [3.8, 4) is 0 Å². The van der Waals surface area contributed by atoms with Crippen molar-refractivity contribution in [3.63, 3.8) is 0 Å². The number of nitrogens with zero attached hydrogens (tertiary/aromatic N) is 3. The third kappa shape index (κ3) is 14.4. The summed E-state index contributed by atoms with van der Waals surface area (Å²) in [5.74, 6) is -1.79. The molecule has 14 nitrogen and oxygen atoms in total. The minimum absolute atomic E-state index is 0.0536. The molecule has 2 aromatic rings. The molecule has 0 aliphatic heterocycles. The van der Waals surface area contributed by atoms with Crippen LogP contribution >= 0.6 is 12.2 Å². The Morgan fingerprint density at radius 1 is 0.854 bits per heavy atom. The van der Waals surface area contributed by atoms with Crippen molar-refractivity contribution in [2.24, 2.45) is 42.0 Å². The van der Waals surface area contributed by atoms with Crippen molar-refractivity contribution in [2.45, 2.75) is 96.3 Å². The van der Waals surface area contributed by atoms with Gasteiger partial charge in [-0.1, -0.05) is 51.1 Å². The van der Waals surface area contributed by atoms with E-state index in [-0.39, 0.29) is 37.4 Å². The molecule has 0 bridgehead atoms. The van der Waals surface area contributed by atoms with Gasteiger partial charge in [-0.05, 0) is 62.9 Å². The fourth-order valence-corrected chi connectivity index (χ4v) is 5.08. The van der Waals surface area contributed by atoms with E-state index in [2.05, 4.69) is 20.9 Å². The minimum Gasteiger partial charge on any atom is -0.370 e. The van der Waals surface area contributed by atoms with Crippen molar-refractivity contribution >= 4 is 41.7 Å². The van der Waals surface area contributed by atoms with Crippen LogP contribution in [0.2, 0.25) is 0 Å². The smallest absolute Gasteiger partial charge is 0.243 e. The number of nitrogens with two attached hydrogens (primary N) is 4. The summed E-state index contributed by atoms with van der Waals surface area (Å²) in [5.41, 5.74) is 24.1. The van der Waals surface area contributed by atoms with Crippen molar-refractivity contribution in [1.82, 2.24) is 25.1 Å². The first-order valence-corrected chi connectivity index (χ1v) is 17.0. The lowest BCUT2D eigenvalue weighted by Gasteiger charge is -2.26. The summed E-state index contributed by atoms with van der Waals surface area (Å²) in [4.78, 5) is 57.3. The first-order chi connectivity index (χ1) is 22.9. The highest BCUT2D eigenvalue weighted by Gasteiger charge is 2.31. The second-order valence-electron chi connectivity index (χ2n) is 11.3. The zero-order chi connectivity index (χ0) is 36.2. The highest BCUT2D eigenvalue weighted by Crippen LogP contribution is 2.11. The van der Waals surface area contributed by atoms with Crippen LogP contribution in [-0.2, 0) is 46.1 Å². The van der Waals surface area contributed by atoms with Gasteiger partial charge in [0.15, 0.2) is 16.5 Å². The Labute approximate surface area is 289 Å². The van der Waals surface area contributed by atoms with E-state index in [1.807, 2.05) is 44.2 Å². The van der Waals surface area contributed by atoms with Crippen molar-refractivity contribution in [3.05, 3.63) is 52.6 Å². The molecule has 0 saturated carbocycles. The van der Waals surface area contributed by atoms with Crippen LogP contribution in [0.1, 0.15) is 70.6 Å². The lowest BCUT2D eigenvalue weighted by atomic mass is 9.99. The number of Topliss-reactive ketones (excluding diaryl/α,β-unsaturated/α-hetero) is 1. The molecule has 0 aliphatic rings. The van der Waals surface area contributed by atoms with Crippen molar-refractivity contribution in [2.75, 3.05) is 13.1 Å². The van der Waals surface area contributed by atoms with E-state index in [0.29, 0.717) is 49.2 Å². The van der Waals surface area contributed by atoms with Crippen LogP contribution in [0.5, 0.6) is 0 Å². The first kappa shape index (κ1) is 41.9. The van der Waals surface area contributed by atoms with Crippen LogP contribution in [-0.4, -0.2) is 75.9 Å². The Kier molecular flexibility index (Phi) is 19.6. The molecule has 0 spiro atoms. The molecular weight excluding hydrogens is 632 g/mol. The Hall–Kier alpha value is -4.08. The molecule has 3 amide bonds. The number of aromatic nitrogens is 2. The van der Waals surface area contributed by atoms with Crippen molar-refractivity contribution < 1.29 is 19.2 Å². The van der Waals surface area contributed by atoms with Crippen LogP contribution in [0.25, 0.3) is 0 Å². The number of nitrogens with one attached hydrogen (secondary N) is 3. The molecule has 0 radical (unpaired) electrons. The molecule has 1 aromatic carbocycles. The van der Waals surface area contributed by atoms with E-state index in [4.69, 9.17) is 35.2 Å².